The van der Waals surface area contributed by atoms with Gasteiger partial charge < -0.3 is 14.8 Å². The Bertz CT molecular complexity index is 1110. The molecule has 0 aliphatic carbocycles. The summed E-state index contributed by atoms with van der Waals surface area (Å²) in [6.07, 6.45) is 0. The van der Waals surface area contributed by atoms with Crippen molar-refractivity contribution in [3.05, 3.63) is 78.4 Å². The van der Waals surface area contributed by atoms with Crippen LogP contribution >= 0.6 is 0 Å². The highest BCUT2D eigenvalue weighted by Gasteiger charge is 2.15. The Hall–Kier alpha value is -3.52. The number of hydrogen-bond donors (Lipinski definition) is 2. The minimum absolute atomic E-state index is 0.139. The molecule has 8 heteroatoms. The van der Waals surface area contributed by atoms with Crippen LogP contribution in [-0.4, -0.2) is 28.5 Å². The molecule has 0 unspecified atom stereocenters. The van der Waals surface area contributed by atoms with E-state index in [1.54, 1.807) is 54.6 Å². The van der Waals surface area contributed by atoms with Crippen LogP contribution in [-0.2, 0) is 10.0 Å². The molecule has 0 saturated heterocycles. The van der Waals surface area contributed by atoms with Crippen molar-refractivity contribution >= 4 is 27.3 Å². The molecular formula is C21H20N2O5S. The highest BCUT2D eigenvalue weighted by molar-refractivity contribution is 7.92. The Morgan fingerprint density at radius 2 is 1.52 bits per heavy atom. The summed E-state index contributed by atoms with van der Waals surface area (Å²) < 4.78 is 37.8. The van der Waals surface area contributed by atoms with E-state index in [1.807, 2.05) is 0 Å². The number of anilines is 2. The van der Waals surface area contributed by atoms with Crippen LogP contribution in [0.3, 0.4) is 0 Å². The molecule has 0 aromatic heterocycles. The largest absolute Gasteiger partial charge is 0.493 e. The minimum Gasteiger partial charge on any atom is -0.493 e. The summed E-state index contributed by atoms with van der Waals surface area (Å²) in [6, 6.07) is 19.2. The SMILES string of the molecule is COc1ccc(NC(=O)c2cccc(NS(=O)(=O)c3ccccc3)c2)cc1OC. The summed E-state index contributed by atoms with van der Waals surface area (Å²) in [5, 5.41) is 2.75. The molecule has 29 heavy (non-hydrogen) atoms. The lowest BCUT2D eigenvalue weighted by Crippen LogP contribution is -2.15. The number of hydrogen-bond acceptors (Lipinski definition) is 5. The summed E-state index contributed by atoms with van der Waals surface area (Å²) in [7, 11) is -0.712. The first-order valence-electron chi connectivity index (χ1n) is 8.64. The number of ether oxygens (including phenoxy) is 2. The third-order valence-corrected chi connectivity index (χ3v) is 5.47. The Kier molecular flexibility index (Phi) is 6.04. The zero-order valence-electron chi connectivity index (χ0n) is 15.9. The Morgan fingerprint density at radius 1 is 0.793 bits per heavy atom. The van der Waals surface area contributed by atoms with E-state index in [4.69, 9.17) is 9.47 Å². The zero-order valence-corrected chi connectivity index (χ0v) is 16.7. The number of sulfonamides is 1. The molecule has 150 valence electrons. The third kappa shape index (κ3) is 4.85. The molecule has 0 radical (unpaired) electrons. The fourth-order valence-corrected chi connectivity index (χ4v) is 3.73. The van der Waals surface area contributed by atoms with Gasteiger partial charge in [-0.15, -0.1) is 0 Å². The van der Waals surface area contributed by atoms with Crippen molar-refractivity contribution in [2.45, 2.75) is 4.90 Å². The lowest BCUT2D eigenvalue weighted by atomic mass is 10.2. The predicted octanol–water partition coefficient (Wildman–Crippen LogP) is 3.76. The molecule has 2 N–H and O–H groups in total. The number of carbonyl (C=O) groups excluding carboxylic acids is 1. The molecule has 0 bridgehead atoms. The number of amides is 1. The average molecular weight is 412 g/mol. The summed E-state index contributed by atoms with van der Waals surface area (Å²) in [5.41, 5.74) is 1.10. The van der Waals surface area contributed by atoms with Crippen LogP contribution in [0.25, 0.3) is 0 Å². The number of benzene rings is 3. The van der Waals surface area contributed by atoms with Gasteiger partial charge in [-0.1, -0.05) is 24.3 Å². The van der Waals surface area contributed by atoms with Gasteiger partial charge in [-0.2, -0.15) is 0 Å². The van der Waals surface area contributed by atoms with Gasteiger partial charge in [-0.25, -0.2) is 8.42 Å². The Morgan fingerprint density at radius 3 is 2.21 bits per heavy atom. The van der Waals surface area contributed by atoms with Crippen LogP contribution in [0.15, 0.2) is 77.7 Å². The molecule has 0 atom stereocenters. The maximum atomic E-state index is 12.6. The van der Waals surface area contributed by atoms with E-state index in [9.17, 15) is 13.2 Å². The Balaban J connectivity index is 1.78. The highest BCUT2D eigenvalue weighted by atomic mass is 32.2. The van der Waals surface area contributed by atoms with Gasteiger partial charge in [0.2, 0.25) is 0 Å². The van der Waals surface area contributed by atoms with Crippen LogP contribution in [0.1, 0.15) is 10.4 Å². The summed E-state index contributed by atoms with van der Waals surface area (Å²) >= 11 is 0. The van der Waals surface area contributed by atoms with Crippen molar-refractivity contribution in [2.24, 2.45) is 0 Å². The monoisotopic (exact) mass is 412 g/mol. The molecule has 1 amide bonds. The first-order valence-corrected chi connectivity index (χ1v) is 10.1. The topological polar surface area (TPSA) is 93.7 Å². The summed E-state index contributed by atoms with van der Waals surface area (Å²) in [5.74, 6) is 0.635. The lowest BCUT2D eigenvalue weighted by Gasteiger charge is -2.12. The van der Waals surface area contributed by atoms with Crippen LogP contribution < -0.4 is 19.5 Å². The average Bonchev–Trinajstić information content (AvgIpc) is 2.74. The number of rotatable bonds is 7. The van der Waals surface area contributed by atoms with Gasteiger partial charge in [-0.05, 0) is 42.5 Å². The predicted molar refractivity (Wildman–Crippen MR) is 111 cm³/mol. The van der Waals surface area contributed by atoms with Gasteiger partial charge >= 0.3 is 0 Å². The van der Waals surface area contributed by atoms with Crippen molar-refractivity contribution in [3.63, 3.8) is 0 Å². The van der Waals surface area contributed by atoms with E-state index < -0.39 is 15.9 Å². The fraction of sp³-hybridized carbons (Fsp3) is 0.0952. The molecule has 0 heterocycles. The number of nitrogens with one attached hydrogen (secondary N) is 2. The molecule has 3 aromatic rings. The normalized spacial score (nSPS) is 10.8. The van der Waals surface area contributed by atoms with Gasteiger partial charge in [0.25, 0.3) is 15.9 Å². The van der Waals surface area contributed by atoms with E-state index in [0.717, 1.165) is 0 Å². The molecule has 0 saturated carbocycles. The van der Waals surface area contributed by atoms with Gasteiger partial charge in [0.15, 0.2) is 11.5 Å². The van der Waals surface area contributed by atoms with Crippen LogP contribution in [0.2, 0.25) is 0 Å². The second kappa shape index (κ2) is 8.66. The van der Waals surface area contributed by atoms with Crippen molar-refractivity contribution in [2.75, 3.05) is 24.3 Å². The van der Waals surface area contributed by atoms with Crippen molar-refractivity contribution in [1.82, 2.24) is 0 Å². The number of methoxy groups -OCH3 is 2. The van der Waals surface area contributed by atoms with Crippen molar-refractivity contribution in [3.8, 4) is 11.5 Å². The maximum absolute atomic E-state index is 12.6. The molecule has 0 spiro atoms. The summed E-state index contributed by atoms with van der Waals surface area (Å²) in [6.45, 7) is 0. The lowest BCUT2D eigenvalue weighted by molar-refractivity contribution is 0.102. The molecular weight excluding hydrogens is 392 g/mol. The molecule has 0 aliphatic rings. The van der Waals surface area contributed by atoms with E-state index in [-0.39, 0.29) is 10.6 Å². The van der Waals surface area contributed by atoms with Crippen molar-refractivity contribution in [1.29, 1.82) is 0 Å². The van der Waals surface area contributed by atoms with E-state index in [1.165, 1.54) is 32.4 Å². The molecule has 0 fully saturated rings. The smallest absolute Gasteiger partial charge is 0.261 e. The van der Waals surface area contributed by atoms with Crippen LogP contribution in [0.5, 0.6) is 11.5 Å². The van der Waals surface area contributed by atoms with Crippen LogP contribution in [0.4, 0.5) is 11.4 Å². The minimum atomic E-state index is -3.74. The highest BCUT2D eigenvalue weighted by Crippen LogP contribution is 2.30. The second-order valence-corrected chi connectivity index (χ2v) is 7.71. The number of carbonyl (C=O) groups is 1. The quantitative estimate of drug-likeness (QED) is 0.616. The standard InChI is InChI=1S/C21H20N2O5S/c1-27-19-12-11-16(14-20(19)28-2)22-21(24)15-7-6-8-17(13-15)23-29(25,26)18-9-4-3-5-10-18/h3-14,23H,1-2H3,(H,22,24). The molecule has 3 rings (SSSR count). The Labute approximate surface area is 169 Å². The molecule has 7 nitrogen and oxygen atoms in total. The molecule has 3 aromatic carbocycles. The molecule has 0 aliphatic heterocycles. The van der Waals surface area contributed by atoms with Gasteiger partial charge in [0.1, 0.15) is 0 Å². The summed E-state index contributed by atoms with van der Waals surface area (Å²) in [4.78, 5) is 12.7. The van der Waals surface area contributed by atoms with Crippen LogP contribution in [0, 0.1) is 0 Å². The maximum Gasteiger partial charge on any atom is 0.261 e. The van der Waals surface area contributed by atoms with E-state index in [2.05, 4.69) is 10.0 Å². The second-order valence-electron chi connectivity index (χ2n) is 6.02. The third-order valence-electron chi connectivity index (χ3n) is 4.07. The van der Waals surface area contributed by atoms with Gasteiger partial charge in [-0.3, -0.25) is 9.52 Å². The van der Waals surface area contributed by atoms with Gasteiger partial charge in [0.05, 0.1) is 19.1 Å². The van der Waals surface area contributed by atoms with Crippen molar-refractivity contribution < 1.29 is 22.7 Å². The first kappa shape index (κ1) is 20.2. The zero-order chi connectivity index (χ0) is 20.9. The first-order chi connectivity index (χ1) is 13.9. The van der Waals surface area contributed by atoms with Gasteiger partial charge in [0, 0.05) is 23.0 Å². The fourth-order valence-electron chi connectivity index (χ4n) is 2.65. The van der Waals surface area contributed by atoms with E-state index in [0.29, 0.717) is 22.7 Å². The van der Waals surface area contributed by atoms with E-state index >= 15 is 0 Å².